The molecule has 0 aliphatic carbocycles. The third-order valence-corrected chi connectivity index (χ3v) is 4.05. The molecule has 2 aromatic rings. The number of nitrogens with one attached hydrogen (secondary N) is 1. The molecular formula is C16H16BrF2N. The van der Waals surface area contributed by atoms with Crippen molar-refractivity contribution in [3.05, 3.63) is 69.7 Å². The van der Waals surface area contributed by atoms with E-state index in [1.54, 1.807) is 24.3 Å². The third-order valence-electron chi connectivity index (χ3n) is 3.28. The Morgan fingerprint density at radius 1 is 1.00 bits per heavy atom. The second-order valence-corrected chi connectivity index (χ2v) is 5.61. The SMILES string of the molecule is CNC(Cc1ccc(F)cc1)Cc1cc(F)ccc1Br. The Kier molecular flexibility index (Phi) is 5.26. The second kappa shape index (κ2) is 6.95. The molecule has 2 aromatic carbocycles. The molecule has 0 fully saturated rings. The maximum atomic E-state index is 13.3. The number of hydrogen-bond donors (Lipinski definition) is 1. The third kappa shape index (κ3) is 4.12. The van der Waals surface area contributed by atoms with Crippen LogP contribution >= 0.6 is 15.9 Å². The molecule has 20 heavy (non-hydrogen) atoms. The van der Waals surface area contributed by atoms with E-state index in [9.17, 15) is 8.78 Å². The van der Waals surface area contributed by atoms with E-state index < -0.39 is 0 Å². The lowest BCUT2D eigenvalue weighted by atomic mass is 9.99. The van der Waals surface area contributed by atoms with E-state index in [-0.39, 0.29) is 17.7 Å². The van der Waals surface area contributed by atoms with Gasteiger partial charge in [-0.3, -0.25) is 0 Å². The van der Waals surface area contributed by atoms with E-state index >= 15 is 0 Å². The van der Waals surface area contributed by atoms with Crippen LogP contribution in [0.5, 0.6) is 0 Å². The molecule has 2 rings (SSSR count). The molecule has 106 valence electrons. The Labute approximate surface area is 126 Å². The van der Waals surface area contributed by atoms with E-state index in [4.69, 9.17) is 0 Å². The highest BCUT2D eigenvalue weighted by Crippen LogP contribution is 2.20. The number of likely N-dealkylation sites (N-methyl/N-ethyl adjacent to an activating group) is 1. The summed E-state index contributed by atoms with van der Waals surface area (Å²) in [6.45, 7) is 0. The van der Waals surface area contributed by atoms with E-state index in [1.165, 1.54) is 18.2 Å². The molecule has 0 saturated carbocycles. The summed E-state index contributed by atoms with van der Waals surface area (Å²) < 4.78 is 27.1. The molecule has 0 saturated heterocycles. The van der Waals surface area contributed by atoms with Gasteiger partial charge >= 0.3 is 0 Å². The van der Waals surface area contributed by atoms with Crippen molar-refractivity contribution in [3.63, 3.8) is 0 Å². The first-order valence-corrected chi connectivity index (χ1v) is 7.23. The molecule has 1 nitrogen and oxygen atoms in total. The summed E-state index contributed by atoms with van der Waals surface area (Å²) in [5.41, 5.74) is 1.98. The minimum atomic E-state index is -0.236. The fourth-order valence-electron chi connectivity index (χ4n) is 2.15. The number of benzene rings is 2. The van der Waals surface area contributed by atoms with Crippen molar-refractivity contribution in [1.29, 1.82) is 0 Å². The molecule has 1 atom stereocenters. The van der Waals surface area contributed by atoms with Gasteiger partial charge in [-0.15, -0.1) is 0 Å². The van der Waals surface area contributed by atoms with Crippen molar-refractivity contribution >= 4 is 15.9 Å². The lowest BCUT2D eigenvalue weighted by Crippen LogP contribution is -2.30. The molecule has 0 aliphatic heterocycles. The topological polar surface area (TPSA) is 12.0 Å². The van der Waals surface area contributed by atoms with Gasteiger partial charge in [-0.25, -0.2) is 8.78 Å². The van der Waals surface area contributed by atoms with Crippen LogP contribution in [0.15, 0.2) is 46.9 Å². The van der Waals surface area contributed by atoms with Gasteiger partial charge in [0.25, 0.3) is 0 Å². The van der Waals surface area contributed by atoms with Gasteiger partial charge in [-0.1, -0.05) is 28.1 Å². The molecule has 0 aromatic heterocycles. The van der Waals surface area contributed by atoms with Crippen LogP contribution in [0.1, 0.15) is 11.1 Å². The number of hydrogen-bond acceptors (Lipinski definition) is 1. The predicted octanol–water partition coefficient (Wildman–Crippen LogP) is 4.10. The zero-order valence-corrected chi connectivity index (χ0v) is 12.8. The van der Waals surface area contributed by atoms with Crippen LogP contribution in [0.3, 0.4) is 0 Å². The normalized spacial score (nSPS) is 12.4. The van der Waals surface area contributed by atoms with Crippen LogP contribution in [0.25, 0.3) is 0 Å². The Balaban J connectivity index is 2.08. The zero-order chi connectivity index (χ0) is 14.5. The first kappa shape index (κ1) is 15.1. The van der Waals surface area contributed by atoms with E-state index in [1.807, 2.05) is 7.05 Å². The Hall–Kier alpha value is -1.26. The Morgan fingerprint density at radius 2 is 1.65 bits per heavy atom. The summed E-state index contributed by atoms with van der Waals surface area (Å²) >= 11 is 3.44. The van der Waals surface area contributed by atoms with Gasteiger partial charge in [-0.05, 0) is 61.3 Å². The van der Waals surface area contributed by atoms with E-state index in [0.29, 0.717) is 6.42 Å². The summed E-state index contributed by atoms with van der Waals surface area (Å²) in [4.78, 5) is 0. The minimum absolute atomic E-state index is 0.165. The quantitative estimate of drug-likeness (QED) is 0.864. The van der Waals surface area contributed by atoms with Gasteiger partial charge in [0.05, 0.1) is 0 Å². The fraction of sp³-hybridized carbons (Fsp3) is 0.250. The molecule has 0 radical (unpaired) electrons. The highest BCUT2D eigenvalue weighted by Gasteiger charge is 2.11. The average molecular weight is 340 g/mol. The van der Waals surface area contributed by atoms with Gasteiger partial charge in [-0.2, -0.15) is 0 Å². The van der Waals surface area contributed by atoms with E-state index in [2.05, 4.69) is 21.2 Å². The van der Waals surface area contributed by atoms with Crippen LogP contribution in [-0.4, -0.2) is 13.1 Å². The highest BCUT2D eigenvalue weighted by atomic mass is 79.9. The van der Waals surface area contributed by atoms with Crippen molar-refractivity contribution < 1.29 is 8.78 Å². The smallest absolute Gasteiger partial charge is 0.123 e. The fourth-order valence-corrected chi connectivity index (χ4v) is 2.55. The van der Waals surface area contributed by atoms with Crippen molar-refractivity contribution in [3.8, 4) is 0 Å². The molecule has 0 bridgehead atoms. The first-order chi connectivity index (χ1) is 9.58. The van der Waals surface area contributed by atoms with Crippen molar-refractivity contribution in [2.75, 3.05) is 7.05 Å². The highest BCUT2D eigenvalue weighted by molar-refractivity contribution is 9.10. The zero-order valence-electron chi connectivity index (χ0n) is 11.2. The molecule has 0 aliphatic rings. The lowest BCUT2D eigenvalue weighted by Gasteiger charge is -2.17. The molecule has 0 spiro atoms. The molecule has 1 N–H and O–H groups in total. The van der Waals surface area contributed by atoms with Gasteiger partial charge < -0.3 is 5.32 Å². The summed E-state index contributed by atoms with van der Waals surface area (Å²) in [5.74, 6) is -0.470. The predicted molar refractivity (Wildman–Crippen MR) is 80.8 cm³/mol. The molecule has 1 unspecified atom stereocenters. The first-order valence-electron chi connectivity index (χ1n) is 6.44. The van der Waals surface area contributed by atoms with Crippen LogP contribution in [0, 0.1) is 11.6 Å². The van der Waals surface area contributed by atoms with Gasteiger partial charge in [0.15, 0.2) is 0 Å². The average Bonchev–Trinajstić information content (AvgIpc) is 2.44. The number of rotatable bonds is 5. The van der Waals surface area contributed by atoms with Crippen LogP contribution < -0.4 is 5.32 Å². The second-order valence-electron chi connectivity index (χ2n) is 4.76. The maximum Gasteiger partial charge on any atom is 0.123 e. The summed E-state index contributed by atoms with van der Waals surface area (Å²) in [5, 5.41) is 3.22. The monoisotopic (exact) mass is 339 g/mol. The largest absolute Gasteiger partial charge is 0.316 e. The summed E-state index contributed by atoms with van der Waals surface area (Å²) in [6, 6.07) is 11.3. The van der Waals surface area contributed by atoms with Gasteiger partial charge in [0.1, 0.15) is 11.6 Å². The summed E-state index contributed by atoms with van der Waals surface area (Å²) in [6.07, 6.45) is 1.46. The molecular weight excluding hydrogens is 324 g/mol. The number of halogens is 3. The minimum Gasteiger partial charge on any atom is -0.316 e. The van der Waals surface area contributed by atoms with Crippen LogP contribution in [0.2, 0.25) is 0 Å². The van der Waals surface area contributed by atoms with E-state index in [0.717, 1.165) is 22.0 Å². The van der Waals surface area contributed by atoms with Crippen molar-refractivity contribution in [1.82, 2.24) is 5.32 Å². The van der Waals surface area contributed by atoms with Crippen molar-refractivity contribution in [2.45, 2.75) is 18.9 Å². The van der Waals surface area contributed by atoms with Gasteiger partial charge in [0, 0.05) is 10.5 Å². The lowest BCUT2D eigenvalue weighted by molar-refractivity contribution is 0.550. The molecule has 4 heteroatoms. The summed E-state index contributed by atoms with van der Waals surface area (Å²) in [7, 11) is 1.88. The van der Waals surface area contributed by atoms with Crippen molar-refractivity contribution in [2.24, 2.45) is 0 Å². The van der Waals surface area contributed by atoms with Crippen LogP contribution in [-0.2, 0) is 12.8 Å². The van der Waals surface area contributed by atoms with Gasteiger partial charge in [0.2, 0.25) is 0 Å². The Bertz CT molecular complexity index is 569. The van der Waals surface area contributed by atoms with Crippen LogP contribution in [0.4, 0.5) is 8.78 Å². The maximum absolute atomic E-state index is 13.3. The standard InChI is InChI=1S/C16H16BrF2N/c1-20-15(8-11-2-4-13(18)5-3-11)10-12-9-14(19)6-7-16(12)17/h2-7,9,15,20H,8,10H2,1H3. The molecule has 0 amide bonds. The molecule has 0 heterocycles. The Morgan fingerprint density at radius 3 is 2.30 bits per heavy atom.